The molecule has 0 atom stereocenters. The van der Waals surface area contributed by atoms with Crippen molar-refractivity contribution in [2.24, 2.45) is 0 Å². The van der Waals surface area contributed by atoms with Gasteiger partial charge in [0.15, 0.2) is 11.6 Å². The van der Waals surface area contributed by atoms with Gasteiger partial charge in [-0.3, -0.25) is 0 Å². The Hall–Kier alpha value is -2.07. The van der Waals surface area contributed by atoms with E-state index < -0.39 is 0 Å². The van der Waals surface area contributed by atoms with Crippen LogP contribution in [-0.4, -0.2) is 5.16 Å². The average molecular weight is 329 g/mol. The molecule has 0 radical (unpaired) electrons. The van der Waals surface area contributed by atoms with Crippen molar-refractivity contribution in [3.8, 4) is 22.5 Å². The summed E-state index contributed by atoms with van der Waals surface area (Å²) in [6.45, 7) is 2.05. The number of benzene rings is 2. The molecule has 3 rings (SSSR count). The first-order valence-electron chi connectivity index (χ1n) is 6.23. The fourth-order valence-electron chi connectivity index (χ4n) is 2.13. The molecule has 0 amide bonds. The Morgan fingerprint density at radius 2 is 1.80 bits per heavy atom. The number of anilines is 1. The Bertz CT molecular complexity index is 747. The highest BCUT2D eigenvalue weighted by Gasteiger charge is 2.17. The average Bonchev–Trinajstić information content (AvgIpc) is 2.82. The molecule has 0 saturated carbocycles. The lowest BCUT2D eigenvalue weighted by Crippen LogP contribution is -1.89. The van der Waals surface area contributed by atoms with Crippen molar-refractivity contribution in [2.45, 2.75) is 6.92 Å². The van der Waals surface area contributed by atoms with Gasteiger partial charge in [0.2, 0.25) is 0 Å². The second-order valence-corrected chi connectivity index (χ2v) is 5.56. The van der Waals surface area contributed by atoms with Crippen LogP contribution in [0.1, 0.15) is 5.56 Å². The lowest BCUT2D eigenvalue weighted by molar-refractivity contribution is 0.436. The highest BCUT2D eigenvalue weighted by Crippen LogP contribution is 2.37. The van der Waals surface area contributed by atoms with Crippen LogP contribution in [0.2, 0.25) is 0 Å². The van der Waals surface area contributed by atoms with Crippen LogP contribution in [0.15, 0.2) is 57.5 Å². The number of halogens is 1. The van der Waals surface area contributed by atoms with Gasteiger partial charge in [-0.1, -0.05) is 63.0 Å². The summed E-state index contributed by atoms with van der Waals surface area (Å²) in [5, 5.41) is 3.91. The maximum Gasteiger partial charge on any atom is 0.176 e. The fraction of sp³-hybridized carbons (Fsp3) is 0.0625. The summed E-state index contributed by atoms with van der Waals surface area (Å²) in [6.07, 6.45) is 0. The predicted molar refractivity (Wildman–Crippen MR) is 84.2 cm³/mol. The number of rotatable bonds is 2. The molecule has 0 bridgehead atoms. The van der Waals surface area contributed by atoms with E-state index in [1.54, 1.807) is 0 Å². The zero-order chi connectivity index (χ0) is 14.1. The van der Waals surface area contributed by atoms with Gasteiger partial charge < -0.3 is 10.3 Å². The van der Waals surface area contributed by atoms with E-state index in [4.69, 9.17) is 10.3 Å². The highest BCUT2D eigenvalue weighted by atomic mass is 79.9. The third kappa shape index (κ3) is 2.34. The molecule has 4 heteroatoms. The molecule has 20 heavy (non-hydrogen) atoms. The van der Waals surface area contributed by atoms with Crippen LogP contribution >= 0.6 is 15.9 Å². The monoisotopic (exact) mass is 328 g/mol. The summed E-state index contributed by atoms with van der Waals surface area (Å²) in [5.41, 5.74) is 9.96. The van der Waals surface area contributed by atoms with Crippen LogP contribution in [0.25, 0.3) is 22.5 Å². The van der Waals surface area contributed by atoms with Crippen molar-refractivity contribution in [1.82, 2.24) is 5.16 Å². The van der Waals surface area contributed by atoms with Crippen molar-refractivity contribution in [3.05, 3.63) is 58.6 Å². The normalized spacial score (nSPS) is 10.7. The van der Waals surface area contributed by atoms with Crippen LogP contribution in [-0.2, 0) is 0 Å². The molecule has 0 spiro atoms. The number of hydrogen-bond acceptors (Lipinski definition) is 3. The minimum Gasteiger partial charge on any atom is -0.380 e. The van der Waals surface area contributed by atoms with Gasteiger partial charge in [0.05, 0.1) is 5.56 Å². The second kappa shape index (κ2) is 5.13. The molecule has 3 nitrogen and oxygen atoms in total. The molecule has 0 fully saturated rings. The molecule has 3 aromatic rings. The smallest absolute Gasteiger partial charge is 0.176 e. The lowest BCUT2D eigenvalue weighted by Gasteiger charge is -2.04. The minimum absolute atomic E-state index is 0.406. The molecule has 0 unspecified atom stereocenters. The molecule has 1 heterocycles. The van der Waals surface area contributed by atoms with E-state index in [1.807, 2.05) is 48.5 Å². The van der Waals surface area contributed by atoms with Crippen molar-refractivity contribution >= 4 is 21.7 Å². The molecular formula is C16H13BrN2O. The Kier molecular flexibility index (Phi) is 3.32. The Morgan fingerprint density at radius 3 is 2.50 bits per heavy atom. The molecule has 0 saturated heterocycles. The standard InChI is InChI=1S/C16H13BrN2O/c1-10-5-7-11(8-6-10)14-15(20-19-16(14)18)12-3-2-4-13(17)9-12/h2-9H,1H3,(H2,18,19). The van der Waals surface area contributed by atoms with E-state index in [0.29, 0.717) is 11.6 Å². The van der Waals surface area contributed by atoms with E-state index in [1.165, 1.54) is 5.56 Å². The number of hydrogen-bond donors (Lipinski definition) is 1. The number of aryl methyl sites for hydroxylation is 1. The Morgan fingerprint density at radius 1 is 1.05 bits per heavy atom. The first kappa shape index (κ1) is 12.9. The summed E-state index contributed by atoms with van der Waals surface area (Å²) in [5.74, 6) is 1.09. The number of nitrogen functional groups attached to an aromatic ring is 1. The van der Waals surface area contributed by atoms with Gasteiger partial charge in [0.1, 0.15) is 0 Å². The molecular weight excluding hydrogens is 316 g/mol. The zero-order valence-electron chi connectivity index (χ0n) is 10.9. The number of aromatic nitrogens is 1. The summed E-state index contributed by atoms with van der Waals surface area (Å²) in [4.78, 5) is 0. The predicted octanol–water partition coefficient (Wildman–Crippen LogP) is 4.66. The quantitative estimate of drug-likeness (QED) is 0.744. The number of nitrogens with zero attached hydrogens (tertiary/aromatic N) is 1. The van der Waals surface area contributed by atoms with Crippen LogP contribution < -0.4 is 5.73 Å². The molecule has 0 aliphatic heterocycles. The third-order valence-corrected chi connectivity index (χ3v) is 3.64. The molecule has 2 N–H and O–H groups in total. The van der Waals surface area contributed by atoms with Gasteiger partial charge in [0, 0.05) is 10.0 Å². The largest absolute Gasteiger partial charge is 0.380 e. The van der Waals surface area contributed by atoms with Crippen LogP contribution in [0, 0.1) is 6.92 Å². The van der Waals surface area contributed by atoms with E-state index in [2.05, 4.69) is 28.0 Å². The fourth-order valence-corrected chi connectivity index (χ4v) is 2.53. The van der Waals surface area contributed by atoms with Gasteiger partial charge in [-0.15, -0.1) is 0 Å². The van der Waals surface area contributed by atoms with Crippen molar-refractivity contribution in [2.75, 3.05) is 5.73 Å². The van der Waals surface area contributed by atoms with Crippen molar-refractivity contribution < 1.29 is 4.52 Å². The first-order valence-corrected chi connectivity index (χ1v) is 7.02. The zero-order valence-corrected chi connectivity index (χ0v) is 12.5. The summed E-state index contributed by atoms with van der Waals surface area (Å²) < 4.78 is 6.41. The lowest BCUT2D eigenvalue weighted by atomic mass is 10.0. The Balaban J connectivity index is 2.17. The SMILES string of the molecule is Cc1ccc(-c2c(N)noc2-c2cccc(Br)c2)cc1. The maximum atomic E-state index is 5.97. The molecule has 1 aromatic heterocycles. The van der Waals surface area contributed by atoms with Crippen LogP contribution in [0.4, 0.5) is 5.82 Å². The summed E-state index contributed by atoms with van der Waals surface area (Å²) in [6, 6.07) is 16.0. The van der Waals surface area contributed by atoms with E-state index in [-0.39, 0.29) is 0 Å². The minimum atomic E-state index is 0.406. The van der Waals surface area contributed by atoms with Gasteiger partial charge in [0.25, 0.3) is 0 Å². The molecule has 100 valence electrons. The van der Waals surface area contributed by atoms with Gasteiger partial charge in [-0.05, 0) is 24.6 Å². The number of nitrogens with two attached hydrogens (primary N) is 1. The van der Waals surface area contributed by atoms with E-state index in [0.717, 1.165) is 21.2 Å². The van der Waals surface area contributed by atoms with Gasteiger partial charge in [-0.2, -0.15) is 0 Å². The molecule has 2 aromatic carbocycles. The van der Waals surface area contributed by atoms with E-state index >= 15 is 0 Å². The first-order chi connectivity index (χ1) is 9.65. The van der Waals surface area contributed by atoms with Crippen molar-refractivity contribution in [3.63, 3.8) is 0 Å². The van der Waals surface area contributed by atoms with E-state index in [9.17, 15) is 0 Å². The summed E-state index contributed by atoms with van der Waals surface area (Å²) >= 11 is 3.46. The maximum absolute atomic E-state index is 5.97. The Labute approximate surface area is 125 Å². The van der Waals surface area contributed by atoms with Crippen molar-refractivity contribution in [1.29, 1.82) is 0 Å². The third-order valence-electron chi connectivity index (χ3n) is 3.15. The molecule has 0 aliphatic rings. The topological polar surface area (TPSA) is 52.0 Å². The molecule has 0 aliphatic carbocycles. The van der Waals surface area contributed by atoms with Gasteiger partial charge >= 0.3 is 0 Å². The summed E-state index contributed by atoms with van der Waals surface area (Å²) in [7, 11) is 0. The highest BCUT2D eigenvalue weighted by molar-refractivity contribution is 9.10. The van der Waals surface area contributed by atoms with Gasteiger partial charge in [-0.25, -0.2) is 0 Å². The van der Waals surface area contributed by atoms with Crippen LogP contribution in [0.3, 0.4) is 0 Å². The second-order valence-electron chi connectivity index (χ2n) is 4.65. The van der Waals surface area contributed by atoms with Crippen LogP contribution in [0.5, 0.6) is 0 Å².